The van der Waals surface area contributed by atoms with Crippen LogP contribution in [0.3, 0.4) is 0 Å². The summed E-state index contributed by atoms with van der Waals surface area (Å²) in [7, 11) is 0. The van der Waals surface area contributed by atoms with Crippen LogP contribution in [-0.2, 0) is 0 Å². The highest BCUT2D eigenvalue weighted by Gasteiger charge is 2.22. The van der Waals surface area contributed by atoms with E-state index in [-0.39, 0.29) is 5.56 Å². The monoisotopic (exact) mass is 240 g/mol. The van der Waals surface area contributed by atoms with Crippen LogP contribution in [0, 0.1) is 24.5 Å². The molecule has 0 spiro atoms. The summed E-state index contributed by atoms with van der Waals surface area (Å²) in [5, 5.41) is 10.0. The molecule has 1 aromatic carbocycles. The predicted octanol–water partition coefficient (Wildman–Crippen LogP) is 3.89. The first-order valence-corrected chi connectivity index (χ1v) is 6.21. The number of benzene rings is 1. The molecule has 1 unspecified atom stereocenters. The third kappa shape index (κ3) is 2.83. The van der Waals surface area contributed by atoms with Gasteiger partial charge in [-0.3, -0.25) is 0 Å². The Balaban J connectivity index is 2.12. The van der Waals surface area contributed by atoms with Crippen molar-refractivity contribution in [2.45, 2.75) is 45.1 Å². The van der Waals surface area contributed by atoms with E-state index in [0.29, 0.717) is 17.9 Å². The van der Waals surface area contributed by atoms with Crippen LogP contribution in [0.15, 0.2) is 12.1 Å². The van der Waals surface area contributed by atoms with Gasteiger partial charge in [-0.15, -0.1) is 0 Å². The summed E-state index contributed by atoms with van der Waals surface area (Å²) in [5.41, 5.74) is 0.614. The second kappa shape index (κ2) is 5.13. The fourth-order valence-electron chi connectivity index (χ4n) is 2.62. The molecule has 1 atom stereocenters. The van der Waals surface area contributed by atoms with E-state index in [0.717, 1.165) is 18.9 Å². The van der Waals surface area contributed by atoms with Crippen molar-refractivity contribution in [1.29, 1.82) is 0 Å². The Morgan fingerprint density at radius 3 is 2.53 bits per heavy atom. The minimum atomic E-state index is -0.808. The summed E-state index contributed by atoms with van der Waals surface area (Å²) >= 11 is 0. The van der Waals surface area contributed by atoms with Gasteiger partial charge in [-0.25, -0.2) is 8.78 Å². The second-order valence-corrected chi connectivity index (χ2v) is 5.02. The van der Waals surface area contributed by atoms with Crippen LogP contribution in [0.1, 0.15) is 49.3 Å². The van der Waals surface area contributed by atoms with Gasteiger partial charge in [-0.1, -0.05) is 25.7 Å². The molecule has 0 heterocycles. The van der Waals surface area contributed by atoms with Crippen molar-refractivity contribution in [3.8, 4) is 0 Å². The lowest BCUT2D eigenvalue weighted by Crippen LogP contribution is -2.07. The van der Waals surface area contributed by atoms with E-state index >= 15 is 0 Å². The van der Waals surface area contributed by atoms with Crippen molar-refractivity contribution >= 4 is 0 Å². The zero-order chi connectivity index (χ0) is 12.4. The van der Waals surface area contributed by atoms with Crippen LogP contribution in [0.25, 0.3) is 0 Å². The third-order valence-corrected chi connectivity index (χ3v) is 3.67. The number of hydrogen-bond acceptors (Lipinski definition) is 1. The number of halogens is 2. The minimum absolute atomic E-state index is 0.232. The summed E-state index contributed by atoms with van der Waals surface area (Å²) in [5.74, 6) is -0.715. The predicted molar refractivity (Wildman–Crippen MR) is 62.6 cm³/mol. The number of aliphatic hydroxyl groups is 1. The Hall–Kier alpha value is -0.960. The molecule has 0 aliphatic heterocycles. The minimum Gasteiger partial charge on any atom is -0.388 e. The molecule has 94 valence electrons. The second-order valence-electron chi connectivity index (χ2n) is 5.02. The molecular weight excluding hydrogens is 222 g/mol. The van der Waals surface area contributed by atoms with Gasteiger partial charge in [0.2, 0.25) is 0 Å². The fraction of sp³-hybridized carbons (Fsp3) is 0.571. The van der Waals surface area contributed by atoms with Gasteiger partial charge in [-0.2, -0.15) is 0 Å². The molecule has 2 rings (SSSR count). The fourth-order valence-corrected chi connectivity index (χ4v) is 2.62. The van der Waals surface area contributed by atoms with Crippen molar-refractivity contribution in [3.63, 3.8) is 0 Å². The van der Waals surface area contributed by atoms with Crippen LogP contribution >= 0.6 is 0 Å². The van der Waals surface area contributed by atoms with Crippen LogP contribution in [0.4, 0.5) is 8.78 Å². The zero-order valence-corrected chi connectivity index (χ0v) is 10.0. The number of hydrogen-bond donors (Lipinski definition) is 1. The maximum Gasteiger partial charge on any atom is 0.131 e. The quantitative estimate of drug-likeness (QED) is 0.849. The van der Waals surface area contributed by atoms with E-state index in [4.69, 9.17) is 0 Å². The molecule has 1 aromatic rings. The Labute approximate surface area is 100 Å². The van der Waals surface area contributed by atoms with Gasteiger partial charge in [0.25, 0.3) is 0 Å². The van der Waals surface area contributed by atoms with Crippen molar-refractivity contribution < 1.29 is 13.9 Å². The van der Waals surface area contributed by atoms with Crippen LogP contribution in [0.2, 0.25) is 0 Å². The molecule has 1 nitrogen and oxygen atoms in total. The van der Waals surface area contributed by atoms with E-state index in [2.05, 4.69) is 0 Å². The molecule has 1 N–H and O–H groups in total. The van der Waals surface area contributed by atoms with Crippen LogP contribution in [-0.4, -0.2) is 5.11 Å². The topological polar surface area (TPSA) is 20.2 Å². The summed E-state index contributed by atoms with van der Waals surface area (Å²) in [6.07, 6.45) is 4.39. The molecule has 0 saturated heterocycles. The highest BCUT2D eigenvalue weighted by molar-refractivity contribution is 5.27. The molecule has 3 heteroatoms. The van der Waals surface area contributed by atoms with Gasteiger partial charge in [0, 0.05) is 11.6 Å². The number of aryl methyl sites for hydroxylation is 1. The highest BCUT2D eigenvalue weighted by atomic mass is 19.1. The van der Waals surface area contributed by atoms with Gasteiger partial charge in [0.05, 0.1) is 6.10 Å². The largest absolute Gasteiger partial charge is 0.388 e. The van der Waals surface area contributed by atoms with Crippen LogP contribution in [0.5, 0.6) is 0 Å². The summed E-state index contributed by atoms with van der Waals surface area (Å²) in [6.45, 7) is 1.58. The van der Waals surface area contributed by atoms with E-state index in [1.54, 1.807) is 6.92 Å². The first-order chi connectivity index (χ1) is 8.08. The molecule has 0 aromatic heterocycles. The summed E-state index contributed by atoms with van der Waals surface area (Å²) < 4.78 is 26.7. The van der Waals surface area contributed by atoms with E-state index in [9.17, 15) is 13.9 Å². The normalized spacial score (nSPS) is 18.6. The Morgan fingerprint density at radius 2 is 1.88 bits per heavy atom. The lowest BCUT2D eigenvalue weighted by atomic mass is 9.94. The lowest BCUT2D eigenvalue weighted by Gasteiger charge is -2.17. The summed E-state index contributed by atoms with van der Waals surface area (Å²) in [4.78, 5) is 0. The SMILES string of the molecule is Cc1cc(C(O)CC2CCCC2)c(F)cc1F. The van der Waals surface area contributed by atoms with Gasteiger partial charge in [-0.05, 0) is 30.9 Å². The Kier molecular flexibility index (Phi) is 3.77. The smallest absolute Gasteiger partial charge is 0.131 e. The molecule has 1 aliphatic rings. The molecule has 1 aliphatic carbocycles. The van der Waals surface area contributed by atoms with E-state index in [1.807, 2.05) is 0 Å². The van der Waals surface area contributed by atoms with Gasteiger partial charge in [0.15, 0.2) is 0 Å². The van der Waals surface area contributed by atoms with Crippen molar-refractivity contribution in [1.82, 2.24) is 0 Å². The van der Waals surface area contributed by atoms with Gasteiger partial charge < -0.3 is 5.11 Å². The highest BCUT2D eigenvalue weighted by Crippen LogP contribution is 2.34. The molecule has 1 fully saturated rings. The molecular formula is C14H18F2O. The van der Waals surface area contributed by atoms with Crippen molar-refractivity contribution in [2.75, 3.05) is 0 Å². The standard InChI is InChI=1S/C14H18F2O/c1-9-6-11(13(16)8-12(9)15)14(17)7-10-4-2-3-5-10/h6,8,10,14,17H,2-5,7H2,1H3. The summed E-state index contributed by atoms with van der Waals surface area (Å²) in [6, 6.07) is 2.28. The van der Waals surface area contributed by atoms with Crippen molar-refractivity contribution in [2.24, 2.45) is 5.92 Å². The zero-order valence-electron chi connectivity index (χ0n) is 10.0. The van der Waals surface area contributed by atoms with E-state index < -0.39 is 17.7 Å². The average Bonchev–Trinajstić information content (AvgIpc) is 2.76. The van der Waals surface area contributed by atoms with Crippen molar-refractivity contribution in [3.05, 3.63) is 34.9 Å². The first kappa shape index (κ1) is 12.5. The molecule has 1 saturated carbocycles. The molecule has 0 radical (unpaired) electrons. The van der Waals surface area contributed by atoms with Crippen LogP contribution < -0.4 is 0 Å². The number of aliphatic hydroxyl groups excluding tert-OH is 1. The molecule has 17 heavy (non-hydrogen) atoms. The molecule has 0 bridgehead atoms. The lowest BCUT2D eigenvalue weighted by molar-refractivity contribution is 0.140. The Bertz CT molecular complexity index is 397. The third-order valence-electron chi connectivity index (χ3n) is 3.67. The first-order valence-electron chi connectivity index (χ1n) is 6.21. The van der Waals surface area contributed by atoms with Gasteiger partial charge in [0.1, 0.15) is 11.6 Å². The number of rotatable bonds is 3. The maximum absolute atomic E-state index is 13.6. The average molecular weight is 240 g/mol. The Morgan fingerprint density at radius 1 is 1.24 bits per heavy atom. The molecule has 0 amide bonds. The van der Waals surface area contributed by atoms with E-state index in [1.165, 1.54) is 18.9 Å². The maximum atomic E-state index is 13.6. The van der Waals surface area contributed by atoms with Gasteiger partial charge >= 0.3 is 0 Å².